The molecule has 8 nitrogen and oxygen atoms in total. The van der Waals surface area contributed by atoms with E-state index in [9.17, 15) is 18.0 Å². The molecule has 2 N–H and O–H groups in total. The summed E-state index contributed by atoms with van der Waals surface area (Å²) in [6.07, 6.45) is 0. The molecule has 0 fully saturated rings. The number of aliphatic carboxylic acids is 1. The lowest BCUT2D eigenvalue weighted by Gasteiger charge is -2.10. The average Bonchev–Trinajstić information content (AvgIpc) is 2.14. The highest BCUT2D eigenvalue weighted by Gasteiger charge is 2.29. The van der Waals surface area contributed by atoms with Crippen LogP contribution in [0.1, 0.15) is 6.92 Å². The van der Waals surface area contributed by atoms with Crippen molar-refractivity contribution < 1.29 is 32.7 Å². The van der Waals surface area contributed by atoms with E-state index in [2.05, 4.69) is 9.57 Å². The Bertz CT molecular complexity index is 335. The molecule has 0 aliphatic heterocycles. The molecule has 0 aliphatic carbocycles. The van der Waals surface area contributed by atoms with Crippen molar-refractivity contribution in [3.8, 4) is 0 Å². The molecule has 0 saturated carbocycles. The number of carboxylic acids is 1. The fraction of sp³-hybridized carbons (Fsp3) is 0.667. The fourth-order valence-corrected chi connectivity index (χ4v) is 1.26. The molecule has 15 heavy (non-hydrogen) atoms. The largest absolute Gasteiger partial charge is 0.479 e. The first-order valence-electron chi connectivity index (χ1n) is 3.73. The number of ether oxygens (including phenoxy) is 1. The van der Waals surface area contributed by atoms with Crippen molar-refractivity contribution in [3.05, 3.63) is 0 Å². The predicted molar refractivity (Wildman–Crippen MR) is 47.1 cm³/mol. The lowest BCUT2D eigenvalue weighted by Crippen LogP contribution is -2.38. The van der Waals surface area contributed by atoms with Crippen LogP contribution in [0.25, 0.3) is 0 Å². The van der Waals surface area contributed by atoms with Gasteiger partial charge in [-0.3, -0.25) is 9.63 Å². The zero-order valence-electron chi connectivity index (χ0n) is 8.09. The fourth-order valence-electron chi connectivity index (χ4n) is 0.538. The monoisotopic (exact) mass is 241 g/mol. The van der Waals surface area contributed by atoms with Gasteiger partial charge in [0.15, 0.2) is 11.9 Å². The third-order valence-corrected chi connectivity index (χ3v) is 2.84. The standard InChI is InChI=1S/C6H11NO7S/c1-4(6(10)13-2)15(11,12)7-14-3-5(8)9/h4,7H,3H2,1-2H3,(H,8,9). The molecular weight excluding hydrogens is 230 g/mol. The van der Waals surface area contributed by atoms with Gasteiger partial charge in [-0.2, -0.15) is 0 Å². The van der Waals surface area contributed by atoms with E-state index in [-0.39, 0.29) is 0 Å². The van der Waals surface area contributed by atoms with E-state index in [1.165, 1.54) is 4.89 Å². The zero-order valence-corrected chi connectivity index (χ0v) is 8.91. The van der Waals surface area contributed by atoms with Crippen molar-refractivity contribution in [2.75, 3.05) is 13.7 Å². The van der Waals surface area contributed by atoms with Gasteiger partial charge in [0.25, 0.3) is 0 Å². The number of carbonyl (C=O) groups excluding carboxylic acids is 1. The first-order chi connectivity index (χ1) is 6.81. The van der Waals surface area contributed by atoms with Gasteiger partial charge in [-0.1, -0.05) is 4.89 Å². The first-order valence-corrected chi connectivity index (χ1v) is 5.28. The van der Waals surface area contributed by atoms with Crippen LogP contribution in [0.5, 0.6) is 0 Å². The lowest BCUT2D eigenvalue weighted by molar-refractivity contribution is -0.143. The van der Waals surface area contributed by atoms with Crippen LogP contribution in [0.15, 0.2) is 0 Å². The lowest BCUT2D eigenvalue weighted by atomic mass is 10.5. The Balaban J connectivity index is 4.30. The minimum atomic E-state index is -4.08. The number of carbonyl (C=O) groups is 2. The van der Waals surface area contributed by atoms with E-state index in [0.717, 1.165) is 14.0 Å². The van der Waals surface area contributed by atoms with Crippen molar-refractivity contribution in [3.63, 3.8) is 0 Å². The molecule has 0 aromatic rings. The van der Waals surface area contributed by atoms with Gasteiger partial charge in [0.1, 0.15) is 0 Å². The number of esters is 1. The summed E-state index contributed by atoms with van der Waals surface area (Å²) in [5, 5.41) is 6.68. The quantitative estimate of drug-likeness (QED) is 0.428. The highest BCUT2D eigenvalue weighted by atomic mass is 32.2. The number of rotatable bonds is 6. The number of sulfonamides is 1. The minimum absolute atomic E-state index is 0.840. The van der Waals surface area contributed by atoms with Crippen molar-refractivity contribution in [2.45, 2.75) is 12.2 Å². The van der Waals surface area contributed by atoms with Gasteiger partial charge in [-0.15, -0.1) is 0 Å². The maximum atomic E-state index is 11.2. The Kier molecular flexibility index (Phi) is 5.19. The second kappa shape index (κ2) is 5.63. The van der Waals surface area contributed by atoms with Crippen LogP contribution >= 0.6 is 0 Å². The average molecular weight is 241 g/mol. The molecule has 0 aromatic heterocycles. The first kappa shape index (κ1) is 13.8. The maximum Gasteiger partial charge on any atom is 0.331 e. The van der Waals surface area contributed by atoms with Gasteiger partial charge in [0, 0.05) is 0 Å². The normalized spacial score (nSPS) is 13.2. The Morgan fingerprint density at radius 1 is 1.47 bits per heavy atom. The Morgan fingerprint density at radius 2 is 2.00 bits per heavy atom. The van der Waals surface area contributed by atoms with Crippen LogP contribution in [0.3, 0.4) is 0 Å². The number of hydrogen-bond acceptors (Lipinski definition) is 6. The zero-order chi connectivity index (χ0) is 12.1. The van der Waals surface area contributed by atoms with E-state index in [0.29, 0.717) is 0 Å². The molecule has 0 spiro atoms. The number of carboxylic acid groups (broad SMARTS) is 1. The van der Waals surface area contributed by atoms with Crippen LogP contribution in [-0.4, -0.2) is 44.4 Å². The third-order valence-electron chi connectivity index (χ3n) is 1.37. The van der Waals surface area contributed by atoms with Crippen molar-refractivity contribution >= 4 is 22.0 Å². The van der Waals surface area contributed by atoms with Gasteiger partial charge in [0.05, 0.1) is 7.11 Å². The summed E-state index contributed by atoms with van der Waals surface area (Å²) >= 11 is 0. The smallest absolute Gasteiger partial charge is 0.331 e. The van der Waals surface area contributed by atoms with E-state index < -0.39 is 33.8 Å². The second-order valence-electron chi connectivity index (χ2n) is 2.48. The highest BCUT2D eigenvalue weighted by molar-refractivity contribution is 7.90. The Labute approximate surface area is 86.2 Å². The molecule has 0 radical (unpaired) electrons. The summed E-state index contributed by atoms with van der Waals surface area (Å²) in [5.41, 5.74) is 0. The Hall–Kier alpha value is -1.19. The van der Waals surface area contributed by atoms with Crippen LogP contribution in [0.4, 0.5) is 0 Å². The number of methoxy groups -OCH3 is 1. The number of hydrogen-bond donors (Lipinski definition) is 2. The SMILES string of the molecule is COC(=O)C(C)S(=O)(=O)NOCC(=O)O. The Morgan fingerprint density at radius 3 is 2.40 bits per heavy atom. The van der Waals surface area contributed by atoms with Crippen molar-refractivity contribution in [1.29, 1.82) is 0 Å². The van der Waals surface area contributed by atoms with Gasteiger partial charge in [0.2, 0.25) is 10.0 Å². The molecule has 1 unspecified atom stereocenters. The van der Waals surface area contributed by atoms with Gasteiger partial charge in [-0.05, 0) is 6.92 Å². The second-order valence-corrected chi connectivity index (χ2v) is 4.44. The molecule has 0 bridgehead atoms. The van der Waals surface area contributed by atoms with Gasteiger partial charge >= 0.3 is 11.9 Å². The molecule has 0 aromatic carbocycles. The molecule has 88 valence electrons. The molecule has 0 saturated heterocycles. The van der Waals surface area contributed by atoms with Crippen LogP contribution in [0, 0.1) is 0 Å². The summed E-state index contributed by atoms with van der Waals surface area (Å²) in [5.74, 6) is -2.31. The van der Waals surface area contributed by atoms with E-state index in [1.807, 2.05) is 0 Å². The van der Waals surface area contributed by atoms with E-state index in [1.54, 1.807) is 0 Å². The van der Waals surface area contributed by atoms with Crippen molar-refractivity contribution in [2.24, 2.45) is 0 Å². The summed E-state index contributed by atoms with van der Waals surface area (Å²) in [6.45, 7) is 0.241. The predicted octanol–water partition coefficient (Wildman–Crippen LogP) is -1.52. The summed E-state index contributed by atoms with van der Waals surface area (Å²) in [4.78, 5) is 26.5. The van der Waals surface area contributed by atoms with Gasteiger partial charge in [-0.25, -0.2) is 13.2 Å². The van der Waals surface area contributed by atoms with Crippen LogP contribution in [0.2, 0.25) is 0 Å². The maximum absolute atomic E-state index is 11.2. The minimum Gasteiger partial charge on any atom is -0.479 e. The summed E-state index contributed by atoms with van der Waals surface area (Å²) in [6, 6.07) is 0. The molecule has 0 rings (SSSR count). The molecule has 0 heterocycles. The molecule has 0 amide bonds. The highest BCUT2D eigenvalue weighted by Crippen LogP contribution is 2.00. The van der Waals surface area contributed by atoms with E-state index >= 15 is 0 Å². The molecule has 9 heteroatoms. The molecule has 1 atom stereocenters. The summed E-state index contributed by atoms with van der Waals surface area (Å²) in [7, 11) is -3.04. The summed E-state index contributed by atoms with van der Waals surface area (Å²) < 4.78 is 26.6. The van der Waals surface area contributed by atoms with Crippen molar-refractivity contribution in [1.82, 2.24) is 4.89 Å². The van der Waals surface area contributed by atoms with Crippen LogP contribution < -0.4 is 4.89 Å². The van der Waals surface area contributed by atoms with E-state index in [4.69, 9.17) is 5.11 Å². The molecule has 0 aliphatic rings. The van der Waals surface area contributed by atoms with Gasteiger partial charge < -0.3 is 9.84 Å². The topological polar surface area (TPSA) is 119 Å². The number of nitrogens with one attached hydrogen (secondary N) is 1. The third kappa shape index (κ3) is 4.72. The molecular formula is C6H11NO7S. The van der Waals surface area contributed by atoms with Crippen LogP contribution in [-0.2, 0) is 29.2 Å².